The van der Waals surface area contributed by atoms with E-state index < -0.39 is 0 Å². The molecule has 26 heavy (non-hydrogen) atoms. The minimum Gasteiger partial charge on any atom is -0.383 e. The van der Waals surface area contributed by atoms with Crippen LogP contribution in [-0.2, 0) is 36.1 Å². The molecule has 0 saturated heterocycles. The van der Waals surface area contributed by atoms with E-state index in [1.807, 2.05) is 23.1 Å². The van der Waals surface area contributed by atoms with Crippen LogP contribution in [0.2, 0.25) is 0 Å². The first kappa shape index (κ1) is 18.4. The fourth-order valence-corrected chi connectivity index (χ4v) is 3.46. The number of benzene rings is 1. The maximum Gasteiger partial charge on any atom is 0.345 e. The second kappa shape index (κ2) is 7.86. The van der Waals surface area contributed by atoms with Gasteiger partial charge in [0.05, 0.1) is 12.5 Å². The maximum absolute atomic E-state index is 13.2. The third-order valence-electron chi connectivity index (χ3n) is 5.05. The quantitative estimate of drug-likeness (QED) is 0.776. The molecule has 0 saturated carbocycles. The molecule has 7 nitrogen and oxygen atoms in total. The standard InChI is InChI=1S/C19H26N4O3/c1-14-6-4-5-7-15(14)12-22(10-11-26-3)18(24)16-8-9-17-20-21(2)19(25)23(17)13-16/h4-7,16H,8-13H2,1-3H3. The first-order valence-corrected chi connectivity index (χ1v) is 8.96. The van der Waals surface area contributed by atoms with E-state index in [1.165, 1.54) is 4.68 Å². The summed E-state index contributed by atoms with van der Waals surface area (Å²) in [4.78, 5) is 27.2. The Morgan fingerprint density at radius 1 is 1.38 bits per heavy atom. The number of aryl methyl sites for hydroxylation is 3. The summed E-state index contributed by atoms with van der Waals surface area (Å²) in [5.74, 6) is 0.640. The van der Waals surface area contributed by atoms with Crippen molar-refractivity contribution in [1.29, 1.82) is 0 Å². The summed E-state index contributed by atoms with van der Waals surface area (Å²) in [5.41, 5.74) is 2.14. The highest BCUT2D eigenvalue weighted by Crippen LogP contribution is 2.21. The number of fused-ring (bicyclic) bond motifs is 1. The number of aromatic nitrogens is 3. The van der Waals surface area contributed by atoms with Crippen LogP contribution in [0.15, 0.2) is 29.1 Å². The van der Waals surface area contributed by atoms with Crippen LogP contribution in [0.5, 0.6) is 0 Å². The van der Waals surface area contributed by atoms with Gasteiger partial charge in [-0.15, -0.1) is 0 Å². The van der Waals surface area contributed by atoms with Gasteiger partial charge >= 0.3 is 5.69 Å². The number of nitrogens with zero attached hydrogens (tertiary/aromatic N) is 4. The van der Waals surface area contributed by atoms with Crippen molar-refractivity contribution < 1.29 is 9.53 Å². The highest BCUT2D eigenvalue weighted by Gasteiger charge is 2.30. The van der Waals surface area contributed by atoms with Crippen LogP contribution in [0.3, 0.4) is 0 Å². The van der Waals surface area contributed by atoms with Gasteiger partial charge in [0.1, 0.15) is 5.82 Å². The Balaban J connectivity index is 1.78. The highest BCUT2D eigenvalue weighted by molar-refractivity contribution is 5.79. The second-order valence-corrected chi connectivity index (χ2v) is 6.85. The third-order valence-corrected chi connectivity index (χ3v) is 5.05. The highest BCUT2D eigenvalue weighted by atomic mass is 16.5. The zero-order valence-electron chi connectivity index (χ0n) is 15.6. The van der Waals surface area contributed by atoms with Gasteiger partial charge in [0.25, 0.3) is 0 Å². The Hall–Kier alpha value is -2.41. The summed E-state index contributed by atoms with van der Waals surface area (Å²) in [6.45, 7) is 4.03. The summed E-state index contributed by atoms with van der Waals surface area (Å²) in [6, 6.07) is 8.09. The van der Waals surface area contributed by atoms with Gasteiger partial charge in [-0.1, -0.05) is 24.3 Å². The molecular weight excluding hydrogens is 332 g/mol. The summed E-state index contributed by atoms with van der Waals surface area (Å²) >= 11 is 0. The zero-order chi connectivity index (χ0) is 18.7. The number of amides is 1. The van der Waals surface area contributed by atoms with Gasteiger partial charge < -0.3 is 9.64 Å². The Morgan fingerprint density at radius 3 is 2.88 bits per heavy atom. The van der Waals surface area contributed by atoms with Crippen molar-refractivity contribution in [2.75, 3.05) is 20.3 Å². The van der Waals surface area contributed by atoms with Gasteiger partial charge in [-0.3, -0.25) is 9.36 Å². The van der Waals surface area contributed by atoms with Crippen molar-refractivity contribution in [1.82, 2.24) is 19.2 Å². The minimum atomic E-state index is -0.203. The molecule has 1 aromatic carbocycles. The molecular formula is C19H26N4O3. The first-order valence-electron chi connectivity index (χ1n) is 8.96. The van der Waals surface area contributed by atoms with E-state index in [2.05, 4.69) is 18.1 Å². The molecule has 1 atom stereocenters. The SMILES string of the molecule is COCCN(Cc1ccccc1C)C(=O)C1CCc2nn(C)c(=O)n2C1. The molecule has 7 heteroatoms. The molecule has 1 aliphatic rings. The number of carbonyl (C=O) groups is 1. The van der Waals surface area contributed by atoms with Crippen LogP contribution in [-0.4, -0.2) is 45.4 Å². The Morgan fingerprint density at radius 2 is 2.15 bits per heavy atom. The third kappa shape index (κ3) is 3.72. The van der Waals surface area contributed by atoms with Crippen molar-refractivity contribution in [3.63, 3.8) is 0 Å². The van der Waals surface area contributed by atoms with Crippen molar-refractivity contribution in [3.05, 3.63) is 51.7 Å². The number of ether oxygens (including phenoxy) is 1. The molecule has 3 rings (SSSR count). The van der Waals surface area contributed by atoms with Gasteiger partial charge in [0.2, 0.25) is 5.91 Å². The van der Waals surface area contributed by atoms with Crippen molar-refractivity contribution in [2.45, 2.75) is 32.9 Å². The van der Waals surface area contributed by atoms with E-state index >= 15 is 0 Å². The summed E-state index contributed by atoms with van der Waals surface area (Å²) < 4.78 is 8.17. The Bertz CT molecular complexity index is 840. The lowest BCUT2D eigenvalue weighted by molar-refractivity contribution is -0.138. The number of carbonyl (C=O) groups excluding carboxylic acids is 1. The topological polar surface area (TPSA) is 69.4 Å². The number of hydrogen-bond donors (Lipinski definition) is 0. The van der Waals surface area contributed by atoms with E-state index in [-0.39, 0.29) is 17.5 Å². The molecule has 2 heterocycles. The van der Waals surface area contributed by atoms with Gasteiger partial charge in [0.15, 0.2) is 0 Å². The fourth-order valence-electron chi connectivity index (χ4n) is 3.46. The van der Waals surface area contributed by atoms with Crippen molar-refractivity contribution in [2.24, 2.45) is 13.0 Å². The molecule has 0 N–H and O–H groups in total. The summed E-state index contributed by atoms with van der Waals surface area (Å²) in [7, 11) is 3.28. The molecule has 0 radical (unpaired) electrons. The van der Waals surface area contributed by atoms with Gasteiger partial charge in [-0.25, -0.2) is 9.48 Å². The van der Waals surface area contributed by atoms with E-state index in [0.29, 0.717) is 39.1 Å². The lowest BCUT2D eigenvalue weighted by Gasteiger charge is -2.30. The Kier molecular flexibility index (Phi) is 5.56. The first-order chi connectivity index (χ1) is 12.5. The van der Waals surface area contributed by atoms with Gasteiger partial charge in [0, 0.05) is 40.2 Å². The van der Waals surface area contributed by atoms with Crippen molar-refractivity contribution >= 4 is 5.91 Å². The van der Waals surface area contributed by atoms with E-state index in [0.717, 1.165) is 17.0 Å². The summed E-state index contributed by atoms with van der Waals surface area (Å²) in [6.07, 6.45) is 1.36. The molecule has 1 aromatic heterocycles. The molecule has 2 aromatic rings. The van der Waals surface area contributed by atoms with Crippen LogP contribution < -0.4 is 5.69 Å². The van der Waals surface area contributed by atoms with Crippen LogP contribution in [0.1, 0.15) is 23.4 Å². The van der Waals surface area contributed by atoms with E-state index in [1.54, 1.807) is 18.7 Å². The molecule has 1 aliphatic heterocycles. The summed E-state index contributed by atoms with van der Waals surface area (Å²) in [5, 5.41) is 4.24. The molecule has 0 bridgehead atoms. The minimum absolute atomic E-state index is 0.0757. The largest absolute Gasteiger partial charge is 0.383 e. The van der Waals surface area contributed by atoms with Crippen LogP contribution in [0, 0.1) is 12.8 Å². The average molecular weight is 358 g/mol. The van der Waals surface area contributed by atoms with E-state index in [9.17, 15) is 9.59 Å². The number of hydrogen-bond acceptors (Lipinski definition) is 4. The fraction of sp³-hybridized carbons (Fsp3) is 0.526. The molecule has 140 valence electrons. The monoisotopic (exact) mass is 358 g/mol. The zero-order valence-corrected chi connectivity index (χ0v) is 15.6. The number of methoxy groups -OCH3 is 1. The normalized spacial score (nSPS) is 16.3. The predicted octanol–water partition coefficient (Wildman–Crippen LogP) is 1.13. The molecule has 0 spiro atoms. The molecule has 0 fully saturated rings. The molecule has 1 unspecified atom stereocenters. The van der Waals surface area contributed by atoms with Crippen LogP contribution >= 0.6 is 0 Å². The molecule has 0 aliphatic carbocycles. The van der Waals surface area contributed by atoms with E-state index in [4.69, 9.17) is 4.74 Å². The average Bonchev–Trinajstić information content (AvgIpc) is 2.93. The Labute approximate surface area is 153 Å². The maximum atomic E-state index is 13.2. The lowest BCUT2D eigenvalue weighted by atomic mass is 9.97. The second-order valence-electron chi connectivity index (χ2n) is 6.85. The predicted molar refractivity (Wildman–Crippen MR) is 97.8 cm³/mol. The molecule has 1 amide bonds. The number of rotatable bonds is 6. The van der Waals surface area contributed by atoms with Gasteiger partial charge in [-0.2, -0.15) is 5.10 Å². The van der Waals surface area contributed by atoms with Gasteiger partial charge in [-0.05, 0) is 24.5 Å². The lowest BCUT2D eigenvalue weighted by Crippen LogP contribution is -2.42. The van der Waals surface area contributed by atoms with Crippen LogP contribution in [0.25, 0.3) is 0 Å². The smallest absolute Gasteiger partial charge is 0.345 e. The van der Waals surface area contributed by atoms with Crippen LogP contribution in [0.4, 0.5) is 0 Å². The van der Waals surface area contributed by atoms with Crippen molar-refractivity contribution in [3.8, 4) is 0 Å².